The Balaban J connectivity index is 1.13. The monoisotopic (exact) mass is 749 g/mol. The smallest absolute Gasteiger partial charge is 0.0555 e. The van der Waals surface area contributed by atoms with E-state index >= 15 is 0 Å². The van der Waals surface area contributed by atoms with Crippen LogP contribution in [-0.4, -0.2) is 0 Å². The van der Waals surface area contributed by atoms with Crippen molar-refractivity contribution in [1.29, 1.82) is 0 Å². The highest BCUT2D eigenvalue weighted by atomic mass is 32.1. The summed E-state index contributed by atoms with van der Waals surface area (Å²) in [5.74, 6) is 0. The maximum Gasteiger partial charge on any atom is 0.0555 e. The van der Waals surface area contributed by atoms with Crippen molar-refractivity contribution >= 4 is 102 Å². The topological polar surface area (TPSA) is 3.24 Å². The molecule has 9 aromatic carbocycles. The molecule has 1 nitrogen and oxygen atoms in total. The van der Waals surface area contributed by atoms with Crippen LogP contribution in [0.4, 0.5) is 17.1 Å². The van der Waals surface area contributed by atoms with Gasteiger partial charge >= 0.3 is 0 Å². The second kappa shape index (κ2) is 11.9. The maximum atomic E-state index is 2.51. The first kappa shape index (κ1) is 32.0. The predicted molar refractivity (Wildman–Crippen MR) is 245 cm³/mol. The third-order valence-electron chi connectivity index (χ3n) is 12.3. The molecule has 0 atom stereocenters. The van der Waals surface area contributed by atoms with E-state index in [9.17, 15) is 0 Å². The molecule has 1 aliphatic carbocycles. The van der Waals surface area contributed by atoms with E-state index in [4.69, 9.17) is 0 Å². The zero-order valence-electron chi connectivity index (χ0n) is 31.0. The molecule has 12 rings (SSSR count). The van der Waals surface area contributed by atoms with Crippen LogP contribution >= 0.6 is 22.7 Å². The van der Waals surface area contributed by atoms with E-state index in [1.54, 1.807) is 0 Å². The summed E-state index contributed by atoms with van der Waals surface area (Å²) in [6, 6.07) is 65.7. The zero-order chi connectivity index (χ0) is 37.1. The first-order valence-corrected chi connectivity index (χ1v) is 21.0. The number of benzene rings is 9. The Labute approximate surface area is 333 Å². The normalized spacial score (nSPS) is 13.3. The van der Waals surface area contributed by atoms with Crippen LogP contribution in [0.25, 0.3) is 84.1 Å². The fourth-order valence-corrected chi connectivity index (χ4v) is 12.0. The molecule has 0 N–H and O–H groups in total. The van der Waals surface area contributed by atoms with Crippen molar-refractivity contribution in [2.24, 2.45) is 0 Å². The lowest BCUT2D eigenvalue weighted by Gasteiger charge is -2.28. The van der Waals surface area contributed by atoms with E-state index < -0.39 is 0 Å². The molecule has 1 aliphatic rings. The summed E-state index contributed by atoms with van der Waals surface area (Å²) in [4.78, 5) is 2.51. The van der Waals surface area contributed by atoms with Gasteiger partial charge in [-0.15, -0.1) is 22.7 Å². The first-order chi connectivity index (χ1) is 27.5. The van der Waals surface area contributed by atoms with Gasteiger partial charge in [-0.3, -0.25) is 0 Å². The summed E-state index contributed by atoms with van der Waals surface area (Å²) >= 11 is 3.83. The molecule has 0 unspecified atom stereocenters. The molecule has 0 saturated heterocycles. The van der Waals surface area contributed by atoms with Gasteiger partial charge in [-0.1, -0.05) is 141 Å². The molecule has 56 heavy (non-hydrogen) atoms. The lowest BCUT2D eigenvalue weighted by Crippen LogP contribution is -2.15. The van der Waals surface area contributed by atoms with Gasteiger partial charge in [0.2, 0.25) is 0 Å². The quantitative estimate of drug-likeness (QED) is 0.173. The van der Waals surface area contributed by atoms with Crippen molar-refractivity contribution in [3.8, 4) is 22.3 Å². The molecule has 0 bridgehead atoms. The van der Waals surface area contributed by atoms with E-state index in [1.165, 1.54) is 101 Å². The molecular weight excluding hydrogens is 715 g/mol. The van der Waals surface area contributed by atoms with E-state index in [-0.39, 0.29) is 5.41 Å². The van der Waals surface area contributed by atoms with Gasteiger partial charge in [-0.2, -0.15) is 0 Å². The Morgan fingerprint density at radius 3 is 1.91 bits per heavy atom. The molecule has 0 amide bonds. The Morgan fingerprint density at radius 2 is 1.05 bits per heavy atom. The summed E-state index contributed by atoms with van der Waals surface area (Å²) in [7, 11) is 0. The molecule has 0 saturated carbocycles. The van der Waals surface area contributed by atoms with Crippen molar-refractivity contribution < 1.29 is 0 Å². The van der Waals surface area contributed by atoms with Crippen LogP contribution in [-0.2, 0) is 5.41 Å². The average molecular weight is 750 g/mol. The van der Waals surface area contributed by atoms with Gasteiger partial charge in [0.25, 0.3) is 0 Å². The van der Waals surface area contributed by atoms with Crippen molar-refractivity contribution in [3.63, 3.8) is 0 Å². The maximum absolute atomic E-state index is 2.51. The molecule has 264 valence electrons. The highest BCUT2D eigenvalue weighted by molar-refractivity contribution is 7.28. The van der Waals surface area contributed by atoms with Gasteiger partial charge < -0.3 is 4.90 Å². The Kier molecular flexibility index (Phi) is 6.79. The Bertz CT molecular complexity index is 3390. The number of anilines is 3. The minimum Gasteiger partial charge on any atom is -0.310 e. The van der Waals surface area contributed by atoms with Crippen LogP contribution in [0, 0.1) is 0 Å². The molecule has 3 heteroatoms. The number of nitrogens with zero attached hydrogens (tertiary/aromatic N) is 1. The lowest BCUT2D eigenvalue weighted by atomic mass is 9.82. The SMILES string of the molecule is CC1(C)c2ccccc2-c2cc(N(c3ccc(-c4cccc5ccccc45)cc3)c3cccc4sc5ccc6sc7c8ccccc8ccc7c6c5c34)ccc21. The highest BCUT2D eigenvalue weighted by Crippen LogP contribution is 2.53. The van der Waals surface area contributed by atoms with E-state index in [0.717, 1.165) is 11.4 Å². The second-order valence-corrected chi connectivity index (χ2v) is 17.8. The van der Waals surface area contributed by atoms with E-state index in [0.29, 0.717) is 0 Å². The summed E-state index contributed by atoms with van der Waals surface area (Å²) in [6.45, 7) is 4.72. The molecule has 0 spiro atoms. The van der Waals surface area contributed by atoms with Gasteiger partial charge in [0, 0.05) is 57.1 Å². The molecule has 11 aromatic rings. The van der Waals surface area contributed by atoms with Gasteiger partial charge in [-0.05, 0) is 103 Å². The zero-order valence-corrected chi connectivity index (χ0v) is 32.6. The van der Waals surface area contributed by atoms with Crippen molar-refractivity contribution in [3.05, 3.63) is 187 Å². The third-order valence-corrected chi connectivity index (χ3v) is 14.6. The van der Waals surface area contributed by atoms with Crippen LogP contribution in [0.15, 0.2) is 176 Å². The number of hydrogen-bond acceptors (Lipinski definition) is 3. The van der Waals surface area contributed by atoms with E-state index in [1.807, 2.05) is 22.7 Å². The van der Waals surface area contributed by atoms with Crippen LogP contribution in [0.2, 0.25) is 0 Å². The fourth-order valence-electron chi connectivity index (χ4n) is 9.61. The summed E-state index contributed by atoms with van der Waals surface area (Å²) in [5.41, 5.74) is 11.3. The Hall–Kier alpha value is -6.26. The molecule has 2 heterocycles. The first-order valence-electron chi connectivity index (χ1n) is 19.3. The van der Waals surface area contributed by atoms with Crippen molar-refractivity contribution in [1.82, 2.24) is 0 Å². The molecule has 2 aromatic heterocycles. The molecule has 0 radical (unpaired) electrons. The van der Waals surface area contributed by atoms with Gasteiger partial charge in [0.05, 0.1) is 5.69 Å². The summed E-state index contributed by atoms with van der Waals surface area (Å²) < 4.78 is 5.32. The molecule has 0 fully saturated rings. The van der Waals surface area contributed by atoms with Gasteiger partial charge in [0.15, 0.2) is 0 Å². The predicted octanol–water partition coefficient (Wildman–Crippen LogP) is 16.2. The third kappa shape index (κ3) is 4.53. The van der Waals surface area contributed by atoms with Crippen LogP contribution < -0.4 is 4.90 Å². The number of hydrogen-bond donors (Lipinski definition) is 0. The van der Waals surface area contributed by atoms with Crippen LogP contribution in [0.1, 0.15) is 25.0 Å². The van der Waals surface area contributed by atoms with Gasteiger partial charge in [0.1, 0.15) is 0 Å². The van der Waals surface area contributed by atoms with Gasteiger partial charge in [-0.25, -0.2) is 0 Å². The highest BCUT2D eigenvalue weighted by Gasteiger charge is 2.35. The Morgan fingerprint density at radius 1 is 0.411 bits per heavy atom. The van der Waals surface area contributed by atoms with E-state index in [2.05, 4.69) is 195 Å². The summed E-state index contributed by atoms with van der Waals surface area (Å²) in [5, 5.41) is 10.5. The lowest BCUT2D eigenvalue weighted by molar-refractivity contribution is 0.660. The minimum absolute atomic E-state index is 0.0608. The minimum atomic E-state index is -0.0608. The van der Waals surface area contributed by atoms with Crippen LogP contribution in [0.3, 0.4) is 0 Å². The molecular formula is C53H35NS2. The average Bonchev–Trinajstić information content (AvgIpc) is 3.89. The standard InChI is InChI=1S/C53H35NS2/c1-53(2)43-18-8-7-16-40(43)42-31-36(26-28-44(42)53)54(35-24-21-34(22-25-35)38-17-9-13-32-11-3-5-14-37(32)38)45-19-10-20-46-50(45)51-48(55-46)30-29-47-49(51)41-27-23-33-12-4-6-15-39(33)52(41)56-47/h3-31H,1-2H3. The second-order valence-electron chi connectivity index (χ2n) is 15.6. The van der Waals surface area contributed by atoms with Crippen molar-refractivity contribution in [2.45, 2.75) is 19.3 Å². The van der Waals surface area contributed by atoms with Crippen molar-refractivity contribution in [2.75, 3.05) is 4.90 Å². The largest absolute Gasteiger partial charge is 0.310 e. The number of thiophene rings is 2. The summed E-state index contributed by atoms with van der Waals surface area (Å²) in [6.07, 6.45) is 0. The fraction of sp³-hybridized carbons (Fsp3) is 0.0566. The number of rotatable bonds is 4. The molecule has 0 aliphatic heterocycles. The number of fused-ring (bicyclic) bond motifs is 13. The van der Waals surface area contributed by atoms with Crippen LogP contribution in [0.5, 0.6) is 0 Å².